The quantitative estimate of drug-likeness (QED) is 0.635. The first kappa shape index (κ1) is 11.5. The Labute approximate surface area is 87.1 Å². The molecule has 0 atom stereocenters. The fraction of sp³-hybridized carbons (Fsp3) is 0.909. The van der Waals surface area contributed by atoms with Crippen LogP contribution in [0.25, 0.3) is 0 Å². The molecule has 0 unspecified atom stereocenters. The summed E-state index contributed by atoms with van der Waals surface area (Å²) >= 11 is 0. The van der Waals surface area contributed by atoms with Crippen LogP contribution in [-0.4, -0.2) is 46.9 Å². The van der Waals surface area contributed by atoms with E-state index in [4.69, 9.17) is 0 Å². The predicted molar refractivity (Wildman–Crippen MR) is 58.2 cm³/mol. The van der Waals surface area contributed by atoms with Crippen LogP contribution in [0, 0.1) is 0 Å². The van der Waals surface area contributed by atoms with Crippen molar-refractivity contribution < 1.29 is 4.79 Å². The fourth-order valence-corrected chi connectivity index (χ4v) is 2.19. The van der Waals surface area contributed by atoms with Crippen molar-refractivity contribution in [2.45, 2.75) is 45.7 Å². The highest BCUT2D eigenvalue weighted by Gasteiger charge is 2.47. The van der Waals surface area contributed by atoms with Crippen LogP contribution in [-0.2, 0) is 4.79 Å². The van der Waals surface area contributed by atoms with Crippen molar-refractivity contribution in [2.24, 2.45) is 0 Å². The van der Waals surface area contributed by atoms with Crippen molar-refractivity contribution in [3.8, 4) is 0 Å². The van der Waals surface area contributed by atoms with Crippen molar-refractivity contribution in [1.82, 2.24) is 9.80 Å². The molecule has 0 aromatic heterocycles. The van der Waals surface area contributed by atoms with E-state index in [2.05, 4.69) is 18.7 Å². The molecule has 0 N–H and O–H groups in total. The number of piperazine rings is 1. The molecule has 82 valence electrons. The third kappa shape index (κ3) is 1.54. The molecule has 1 rings (SSSR count). The van der Waals surface area contributed by atoms with Gasteiger partial charge in [0.05, 0.1) is 5.54 Å². The van der Waals surface area contributed by atoms with Gasteiger partial charge < -0.3 is 4.90 Å². The topological polar surface area (TPSA) is 23.6 Å². The van der Waals surface area contributed by atoms with Crippen molar-refractivity contribution in [3.05, 3.63) is 0 Å². The molecule has 0 aliphatic carbocycles. The maximum absolute atomic E-state index is 12.1. The van der Waals surface area contributed by atoms with Gasteiger partial charge in [0, 0.05) is 18.6 Å². The standard InChI is InChI=1S/C11H22N2O/c1-7-13-8-10(2,3)12(6)11(4,5)9(13)14/h7-8H2,1-6H3. The van der Waals surface area contributed by atoms with Gasteiger partial charge in [0.2, 0.25) is 5.91 Å². The minimum atomic E-state index is -0.377. The average molecular weight is 198 g/mol. The van der Waals surface area contributed by atoms with Gasteiger partial charge in [-0.3, -0.25) is 9.69 Å². The molecule has 1 aliphatic rings. The van der Waals surface area contributed by atoms with Crippen LogP contribution >= 0.6 is 0 Å². The Morgan fingerprint density at radius 1 is 1.29 bits per heavy atom. The first-order valence-electron chi connectivity index (χ1n) is 5.27. The molecule has 14 heavy (non-hydrogen) atoms. The molecular weight excluding hydrogens is 176 g/mol. The van der Waals surface area contributed by atoms with E-state index in [1.807, 2.05) is 32.7 Å². The summed E-state index contributed by atoms with van der Waals surface area (Å²) in [6.07, 6.45) is 0. The summed E-state index contributed by atoms with van der Waals surface area (Å²) < 4.78 is 0. The highest BCUT2D eigenvalue weighted by Crippen LogP contribution is 2.30. The third-order valence-electron chi connectivity index (χ3n) is 3.52. The second-order valence-corrected chi connectivity index (χ2v) is 5.25. The normalized spacial score (nSPS) is 26.7. The van der Waals surface area contributed by atoms with Crippen LogP contribution in [0.15, 0.2) is 0 Å². The Hall–Kier alpha value is -0.570. The van der Waals surface area contributed by atoms with Gasteiger partial charge in [-0.1, -0.05) is 0 Å². The molecule has 1 saturated heterocycles. The first-order valence-corrected chi connectivity index (χ1v) is 5.27. The Bertz CT molecular complexity index is 246. The molecule has 1 aliphatic heterocycles. The Morgan fingerprint density at radius 2 is 1.79 bits per heavy atom. The Balaban J connectivity index is 3.03. The lowest BCUT2D eigenvalue weighted by molar-refractivity contribution is -0.156. The van der Waals surface area contributed by atoms with Crippen molar-refractivity contribution >= 4 is 5.91 Å². The average Bonchev–Trinajstić information content (AvgIpc) is 2.09. The van der Waals surface area contributed by atoms with Gasteiger partial charge in [0.15, 0.2) is 0 Å². The molecule has 3 nitrogen and oxygen atoms in total. The number of rotatable bonds is 1. The molecule has 1 amide bonds. The van der Waals surface area contributed by atoms with Crippen molar-refractivity contribution in [1.29, 1.82) is 0 Å². The molecule has 1 heterocycles. The zero-order valence-corrected chi connectivity index (χ0v) is 10.2. The lowest BCUT2D eigenvalue weighted by Crippen LogP contribution is -2.69. The van der Waals surface area contributed by atoms with E-state index in [0.717, 1.165) is 13.1 Å². The van der Waals surface area contributed by atoms with Gasteiger partial charge in [-0.2, -0.15) is 0 Å². The van der Waals surface area contributed by atoms with E-state index in [-0.39, 0.29) is 17.0 Å². The third-order valence-corrected chi connectivity index (χ3v) is 3.52. The Morgan fingerprint density at radius 3 is 2.21 bits per heavy atom. The summed E-state index contributed by atoms with van der Waals surface area (Å²) in [4.78, 5) is 16.2. The maximum atomic E-state index is 12.1. The van der Waals surface area contributed by atoms with Gasteiger partial charge in [-0.05, 0) is 41.7 Å². The van der Waals surface area contributed by atoms with Gasteiger partial charge in [-0.15, -0.1) is 0 Å². The van der Waals surface area contributed by atoms with E-state index in [0.29, 0.717) is 0 Å². The second-order valence-electron chi connectivity index (χ2n) is 5.25. The highest BCUT2D eigenvalue weighted by molar-refractivity contribution is 5.86. The molecule has 0 radical (unpaired) electrons. The molecule has 0 bridgehead atoms. The Kier molecular flexibility index (Phi) is 2.65. The fourth-order valence-electron chi connectivity index (χ4n) is 2.19. The molecule has 3 heteroatoms. The highest BCUT2D eigenvalue weighted by atomic mass is 16.2. The van der Waals surface area contributed by atoms with E-state index in [1.54, 1.807) is 0 Å². The number of hydrogen-bond donors (Lipinski definition) is 0. The number of carbonyl (C=O) groups excluding carboxylic acids is 1. The van der Waals surface area contributed by atoms with Gasteiger partial charge >= 0.3 is 0 Å². The van der Waals surface area contributed by atoms with Crippen LogP contribution in [0.4, 0.5) is 0 Å². The van der Waals surface area contributed by atoms with Gasteiger partial charge in [0.25, 0.3) is 0 Å². The van der Waals surface area contributed by atoms with E-state index in [9.17, 15) is 4.79 Å². The minimum absolute atomic E-state index is 0.0629. The molecule has 0 aromatic carbocycles. The minimum Gasteiger partial charge on any atom is -0.340 e. The van der Waals surface area contributed by atoms with Crippen LogP contribution in [0.3, 0.4) is 0 Å². The van der Waals surface area contributed by atoms with Crippen molar-refractivity contribution in [2.75, 3.05) is 20.1 Å². The number of amides is 1. The molecular formula is C11H22N2O. The summed E-state index contributed by atoms with van der Waals surface area (Å²) in [5, 5.41) is 0. The number of likely N-dealkylation sites (N-methyl/N-ethyl adjacent to an activating group) is 2. The van der Waals surface area contributed by atoms with Crippen LogP contribution in [0.5, 0.6) is 0 Å². The lowest BCUT2D eigenvalue weighted by Gasteiger charge is -2.53. The summed E-state index contributed by atoms with van der Waals surface area (Å²) in [5.74, 6) is 0.238. The van der Waals surface area contributed by atoms with E-state index < -0.39 is 0 Å². The summed E-state index contributed by atoms with van der Waals surface area (Å²) in [6, 6.07) is 0. The number of nitrogens with zero attached hydrogens (tertiary/aromatic N) is 2. The monoisotopic (exact) mass is 198 g/mol. The first-order chi connectivity index (χ1) is 6.23. The number of hydrogen-bond acceptors (Lipinski definition) is 2. The summed E-state index contributed by atoms with van der Waals surface area (Å²) in [6.45, 7) is 12.0. The van der Waals surface area contributed by atoms with Gasteiger partial charge in [0.1, 0.15) is 0 Å². The van der Waals surface area contributed by atoms with Crippen molar-refractivity contribution in [3.63, 3.8) is 0 Å². The largest absolute Gasteiger partial charge is 0.340 e. The second kappa shape index (κ2) is 3.23. The summed E-state index contributed by atoms with van der Waals surface area (Å²) in [7, 11) is 2.03. The molecule has 0 saturated carbocycles. The van der Waals surface area contributed by atoms with Crippen LogP contribution in [0.1, 0.15) is 34.6 Å². The van der Waals surface area contributed by atoms with Crippen LogP contribution < -0.4 is 0 Å². The zero-order chi connectivity index (χ0) is 11.1. The van der Waals surface area contributed by atoms with Crippen LogP contribution in [0.2, 0.25) is 0 Å². The molecule has 1 fully saturated rings. The van der Waals surface area contributed by atoms with E-state index >= 15 is 0 Å². The predicted octanol–water partition coefficient (Wildman–Crippen LogP) is 1.34. The lowest BCUT2D eigenvalue weighted by atomic mass is 9.88. The SMILES string of the molecule is CCN1CC(C)(C)N(C)C(C)(C)C1=O. The smallest absolute Gasteiger partial charge is 0.242 e. The maximum Gasteiger partial charge on any atom is 0.242 e. The number of carbonyl (C=O) groups is 1. The zero-order valence-electron chi connectivity index (χ0n) is 10.2. The molecule has 0 aromatic rings. The van der Waals surface area contributed by atoms with E-state index in [1.165, 1.54) is 0 Å². The van der Waals surface area contributed by atoms with Gasteiger partial charge in [-0.25, -0.2) is 0 Å². The molecule has 0 spiro atoms. The summed E-state index contributed by atoms with van der Waals surface area (Å²) in [5.41, 5.74) is -0.314.